The Balaban J connectivity index is 2.34. The zero-order valence-corrected chi connectivity index (χ0v) is 10.6. The minimum atomic E-state index is -0.265. The number of fused-ring (bicyclic) bond motifs is 1. The van der Waals surface area contributed by atoms with E-state index in [0.717, 1.165) is 5.69 Å². The van der Waals surface area contributed by atoms with Crippen LogP contribution in [0.4, 0.5) is 0 Å². The Bertz CT molecular complexity index is 795. The van der Waals surface area contributed by atoms with E-state index in [4.69, 9.17) is 11.6 Å². The predicted molar refractivity (Wildman–Crippen MR) is 71.7 cm³/mol. The van der Waals surface area contributed by atoms with E-state index >= 15 is 0 Å². The quantitative estimate of drug-likeness (QED) is 0.529. The van der Waals surface area contributed by atoms with Crippen LogP contribution < -0.4 is 5.56 Å². The zero-order chi connectivity index (χ0) is 12.7. The number of benzene rings is 1. The van der Waals surface area contributed by atoms with Crippen molar-refractivity contribution >= 4 is 35.3 Å². The molecule has 0 aliphatic heterocycles. The third-order valence-electron chi connectivity index (χ3n) is 2.48. The molecule has 0 bridgehead atoms. The number of aromatic nitrogens is 4. The molecule has 0 saturated carbocycles. The predicted octanol–water partition coefficient (Wildman–Crippen LogP) is 2.05. The molecule has 7 heteroatoms. The summed E-state index contributed by atoms with van der Waals surface area (Å²) in [5.41, 5.74) is 0.924. The van der Waals surface area contributed by atoms with Crippen LogP contribution in [0.15, 0.2) is 40.4 Å². The van der Waals surface area contributed by atoms with Crippen LogP contribution in [0.5, 0.6) is 0 Å². The molecular formula is C11H7ClN4OS. The smallest absolute Gasteiger partial charge is 0.262 e. The van der Waals surface area contributed by atoms with Crippen LogP contribution in [-0.4, -0.2) is 19.7 Å². The first-order valence-corrected chi connectivity index (χ1v) is 5.90. The Morgan fingerprint density at radius 2 is 2.22 bits per heavy atom. The maximum Gasteiger partial charge on any atom is 0.262 e. The van der Waals surface area contributed by atoms with Crippen molar-refractivity contribution in [2.45, 2.75) is 5.16 Å². The summed E-state index contributed by atoms with van der Waals surface area (Å²) in [5.74, 6) is 0. The van der Waals surface area contributed by atoms with Crippen molar-refractivity contribution in [3.8, 4) is 5.69 Å². The molecule has 0 fully saturated rings. The molecule has 1 N–H and O–H groups in total. The van der Waals surface area contributed by atoms with Gasteiger partial charge in [-0.1, -0.05) is 17.7 Å². The minimum Gasteiger partial charge on any atom is -0.301 e. The summed E-state index contributed by atoms with van der Waals surface area (Å²) in [6, 6.07) is 7.15. The number of hydrogen-bond acceptors (Lipinski definition) is 4. The van der Waals surface area contributed by atoms with E-state index in [-0.39, 0.29) is 10.7 Å². The molecule has 2 aromatic heterocycles. The van der Waals surface area contributed by atoms with Crippen LogP contribution in [0.3, 0.4) is 0 Å². The van der Waals surface area contributed by atoms with Gasteiger partial charge in [-0.25, -0.2) is 9.67 Å². The second kappa shape index (κ2) is 4.15. The van der Waals surface area contributed by atoms with Gasteiger partial charge in [0, 0.05) is 5.02 Å². The molecule has 18 heavy (non-hydrogen) atoms. The SMILES string of the molecule is O=c1[nH]c(S)nc2c1cnn2-c1cccc(Cl)c1. The van der Waals surface area contributed by atoms with Gasteiger partial charge in [-0.05, 0) is 18.2 Å². The molecule has 0 spiro atoms. The van der Waals surface area contributed by atoms with Gasteiger partial charge < -0.3 is 4.98 Å². The van der Waals surface area contributed by atoms with Crippen molar-refractivity contribution < 1.29 is 0 Å². The van der Waals surface area contributed by atoms with Crippen LogP contribution in [0.2, 0.25) is 5.02 Å². The Morgan fingerprint density at radius 1 is 1.39 bits per heavy atom. The van der Waals surface area contributed by atoms with Gasteiger partial charge in [-0.2, -0.15) is 5.10 Å². The molecule has 0 aliphatic carbocycles. The molecule has 0 atom stereocenters. The summed E-state index contributed by atoms with van der Waals surface area (Å²) >= 11 is 9.98. The van der Waals surface area contributed by atoms with Crippen LogP contribution in [0.25, 0.3) is 16.7 Å². The average Bonchev–Trinajstić information content (AvgIpc) is 2.72. The van der Waals surface area contributed by atoms with Gasteiger partial charge in [-0.3, -0.25) is 4.79 Å². The lowest BCUT2D eigenvalue weighted by molar-refractivity contribution is 0.874. The number of nitrogens with zero attached hydrogens (tertiary/aromatic N) is 3. The number of H-pyrrole nitrogens is 1. The third-order valence-corrected chi connectivity index (χ3v) is 2.93. The molecule has 0 radical (unpaired) electrons. The van der Waals surface area contributed by atoms with Crippen molar-refractivity contribution in [2.75, 3.05) is 0 Å². The first-order valence-electron chi connectivity index (χ1n) is 5.08. The van der Waals surface area contributed by atoms with Crippen molar-refractivity contribution in [1.29, 1.82) is 0 Å². The topological polar surface area (TPSA) is 63.6 Å². The van der Waals surface area contributed by atoms with Gasteiger partial charge in [0.2, 0.25) is 0 Å². The van der Waals surface area contributed by atoms with Crippen LogP contribution >= 0.6 is 24.2 Å². The Hall–Kier alpha value is -1.79. The summed E-state index contributed by atoms with van der Waals surface area (Å²) < 4.78 is 1.55. The standard InChI is InChI=1S/C11H7ClN4OS/c12-6-2-1-3-7(4-6)16-9-8(5-13-16)10(17)15-11(18)14-9/h1-5H,(H2,14,15,17,18). The molecule has 3 aromatic rings. The fraction of sp³-hybridized carbons (Fsp3) is 0. The van der Waals surface area contributed by atoms with Crippen LogP contribution in [0.1, 0.15) is 0 Å². The highest BCUT2D eigenvalue weighted by molar-refractivity contribution is 7.80. The Labute approximate surface area is 112 Å². The first kappa shape index (κ1) is 11.3. The molecule has 0 aliphatic rings. The van der Waals surface area contributed by atoms with Crippen LogP contribution in [0, 0.1) is 0 Å². The second-order valence-corrected chi connectivity index (χ2v) is 4.52. The highest BCUT2D eigenvalue weighted by atomic mass is 35.5. The zero-order valence-electron chi connectivity index (χ0n) is 8.96. The first-order chi connectivity index (χ1) is 8.65. The van der Waals surface area contributed by atoms with Crippen LogP contribution in [-0.2, 0) is 0 Å². The number of nitrogens with one attached hydrogen (secondary N) is 1. The molecule has 1 aromatic carbocycles. The summed E-state index contributed by atoms with van der Waals surface area (Å²) in [4.78, 5) is 18.4. The molecule has 5 nitrogen and oxygen atoms in total. The molecule has 0 saturated heterocycles. The molecule has 0 unspecified atom stereocenters. The number of rotatable bonds is 1. The Kier molecular flexibility index (Phi) is 2.61. The van der Waals surface area contributed by atoms with Crippen molar-refractivity contribution in [1.82, 2.24) is 19.7 Å². The highest BCUT2D eigenvalue weighted by Crippen LogP contribution is 2.17. The molecule has 90 valence electrons. The summed E-state index contributed by atoms with van der Waals surface area (Å²) in [5, 5.41) is 5.40. The van der Waals surface area contributed by atoms with Gasteiger partial charge in [-0.15, -0.1) is 12.6 Å². The molecule has 3 rings (SSSR count). The monoisotopic (exact) mass is 278 g/mol. The number of aromatic amines is 1. The van der Waals surface area contributed by atoms with E-state index < -0.39 is 0 Å². The summed E-state index contributed by atoms with van der Waals surface area (Å²) in [6.45, 7) is 0. The van der Waals surface area contributed by atoms with Gasteiger partial charge in [0.15, 0.2) is 10.8 Å². The van der Waals surface area contributed by atoms with E-state index in [9.17, 15) is 4.79 Å². The second-order valence-electron chi connectivity index (χ2n) is 3.66. The minimum absolute atomic E-state index is 0.247. The van der Waals surface area contributed by atoms with E-state index in [1.807, 2.05) is 6.07 Å². The van der Waals surface area contributed by atoms with E-state index in [2.05, 4.69) is 27.7 Å². The van der Waals surface area contributed by atoms with Gasteiger partial charge in [0.05, 0.1) is 11.9 Å². The molecule has 2 heterocycles. The third kappa shape index (κ3) is 1.79. The van der Waals surface area contributed by atoms with Gasteiger partial charge in [0.25, 0.3) is 5.56 Å². The van der Waals surface area contributed by atoms with Gasteiger partial charge >= 0.3 is 0 Å². The Morgan fingerprint density at radius 3 is 3.00 bits per heavy atom. The average molecular weight is 279 g/mol. The molecule has 0 amide bonds. The fourth-order valence-corrected chi connectivity index (χ4v) is 2.08. The lowest BCUT2D eigenvalue weighted by atomic mass is 10.3. The van der Waals surface area contributed by atoms with Crippen molar-refractivity contribution in [2.24, 2.45) is 0 Å². The fourth-order valence-electron chi connectivity index (χ4n) is 1.70. The summed E-state index contributed by atoms with van der Waals surface area (Å²) in [7, 11) is 0. The lowest BCUT2D eigenvalue weighted by Crippen LogP contribution is -2.08. The number of halogens is 1. The largest absolute Gasteiger partial charge is 0.301 e. The van der Waals surface area contributed by atoms with Gasteiger partial charge in [0.1, 0.15) is 5.39 Å². The lowest BCUT2D eigenvalue weighted by Gasteiger charge is -2.03. The number of hydrogen-bond donors (Lipinski definition) is 2. The normalized spacial score (nSPS) is 11.0. The number of thiol groups is 1. The maximum absolute atomic E-state index is 11.7. The maximum atomic E-state index is 11.7. The molecular weight excluding hydrogens is 272 g/mol. The van der Waals surface area contributed by atoms with Crippen molar-refractivity contribution in [3.05, 3.63) is 45.8 Å². The summed E-state index contributed by atoms with van der Waals surface area (Å²) in [6.07, 6.45) is 1.47. The van der Waals surface area contributed by atoms with E-state index in [1.165, 1.54) is 6.20 Å². The van der Waals surface area contributed by atoms with E-state index in [1.54, 1.807) is 22.9 Å². The van der Waals surface area contributed by atoms with E-state index in [0.29, 0.717) is 16.1 Å². The highest BCUT2D eigenvalue weighted by Gasteiger charge is 2.10. The van der Waals surface area contributed by atoms with Crippen molar-refractivity contribution in [3.63, 3.8) is 0 Å².